The quantitative estimate of drug-likeness (QED) is 0.210. The highest BCUT2D eigenvalue weighted by Crippen LogP contribution is 2.38. The van der Waals surface area contributed by atoms with E-state index in [1.165, 1.54) is 37.4 Å². The van der Waals surface area contributed by atoms with Gasteiger partial charge in [-0.2, -0.15) is 0 Å². The van der Waals surface area contributed by atoms with Crippen LogP contribution in [0.15, 0.2) is 51.2 Å². The second-order valence-corrected chi connectivity index (χ2v) is 10.8. The normalized spacial score (nSPS) is 21.9. The van der Waals surface area contributed by atoms with E-state index in [0.29, 0.717) is 17.5 Å². The minimum Gasteiger partial charge on any atom is -0.508 e. The lowest BCUT2D eigenvalue weighted by Gasteiger charge is -2.46. The van der Waals surface area contributed by atoms with E-state index in [1.807, 2.05) is 19.9 Å². The first-order valence-electron chi connectivity index (χ1n) is 13.0. The van der Waals surface area contributed by atoms with Crippen molar-refractivity contribution in [3.05, 3.63) is 69.1 Å². The Morgan fingerprint density at radius 1 is 1.12 bits per heavy atom. The summed E-state index contributed by atoms with van der Waals surface area (Å²) in [7, 11) is 1.40. The second-order valence-electron chi connectivity index (χ2n) is 10.8. The third kappa shape index (κ3) is 5.94. The van der Waals surface area contributed by atoms with Crippen molar-refractivity contribution in [2.24, 2.45) is 0 Å². The van der Waals surface area contributed by atoms with Crippen LogP contribution in [0.25, 0.3) is 11.0 Å². The minimum atomic E-state index is -1.44. The standard InChI is InChI=1S/C30H35NO10/c1-14(2)7-8-16-13-17(9-11-19(16)32)27(36)31-21-22(33)18-10-12-20(15(3)25(18)40-28(21)37)39-29-24(35)23(34)26(38-6)30(4,5)41-29/h7,9-13,23-24,26,29,32-35H,8H2,1-6H3,(H,31,36). The van der Waals surface area contributed by atoms with Crippen molar-refractivity contribution in [3.8, 4) is 17.2 Å². The van der Waals surface area contributed by atoms with Gasteiger partial charge in [0.1, 0.15) is 35.4 Å². The molecule has 0 radical (unpaired) electrons. The third-order valence-electron chi connectivity index (χ3n) is 7.10. The fraction of sp³-hybridized carbons (Fsp3) is 0.400. The van der Waals surface area contributed by atoms with Gasteiger partial charge in [0.25, 0.3) is 5.91 Å². The summed E-state index contributed by atoms with van der Waals surface area (Å²) in [6.07, 6.45) is -2.49. The molecular weight excluding hydrogens is 534 g/mol. The maximum atomic E-state index is 13.0. The molecule has 1 fully saturated rings. The Kier molecular flexibility index (Phi) is 8.46. The summed E-state index contributed by atoms with van der Waals surface area (Å²) in [5.41, 5.74) is -0.390. The van der Waals surface area contributed by atoms with E-state index >= 15 is 0 Å². The lowest BCUT2D eigenvalue weighted by atomic mass is 9.89. The molecule has 11 nitrogen and oxygen atoms in total. The first kappa shape index (κ1) is 30.1. The first-order valence-corrected chi connectivity index (χ1v) is 13.0. The Morgan fingerprint density at radius 2 is 1.83 bits per heavy atom. The van der Waals surface area contributed by atoms with Crippen LogP contribution in [0.5, 0.6) is 17.2 Å². The molecule has 3 aromatic rings. The fourth-order valence-electron chi connectivity index (χ4n) is 4.82. The molecule has 1 saturated heterocycles. The number of carbonyl (C=O) groups is 1. The molecule has 5 N–H and O–H groups in total. The lowest BCUT2D eigenvalue weighted by molar-refractivity contribution is -0.306. The van der Waals surface area contributed by atoms with Gasteiger partial charge in [-0.25, -0.2) is 4.79 Å². The summed E-state index contributed by atoms with van der Waals surface area (Å²) in [5, 5.41) is 44.7. The molecule has 4 atom stereocenters. The number of rotatable bonds is 7. The van der Waals surface area contributed by atoms with E-state index in [1.54, 1.807) is 20.8 Å². The number of aryl methyl sites for hydroxylation is 1. The van der Waals surface area contributed by atoms with Gasteiger partial charge in [-0.3, -0.25) is 4.79 Å². The fourth-order valence-corrected chi connectivity index (χ4v) is 4.82. The van der Waals surface area contributed by atoms with Gasteiger partial charge in [-0.15, -0.1) is 0 Å². The van der Waals surface area contributed by atoms with Gasteiger partial charge in [0.2, 0.25) is 6.29 Å². The number of fused-ring (bicyclic) bond motifs is 1. The van der Waals surface area contributed by atoms with Crippen LogP contribution in [-0.2, 0) is 15.9 Å². The number of anilines is 1. The van der Waals surface area contributed by atoms with Crippen LogP contribution in [0.3, 0.4) is 0 Å². The average molecular weight is 570 g/mol. The van der Waals surface area contributed by atoms with Gasteiger partial charge in [0.15, 0.2) is 11.4 Å². The molecule has 0 aliphatic carbocycles. The number of ether oxygens (including phenoxy) is 3. The Morgan fingerprint density at radius 3 is 2.49 bits per heavy atom. The summed E-state index contributed by atoms with van der Waals surface area (Å²) in [5.74, 6) is -0.978. The Labute approximate surface area is 236 Å². The molecule has 1 aromatic heterocycles. The van der Waals surface area contributed by atoms with Crippen molar-refractivity contribution in [1.82, 2.24) is 0 Å². The number of aliphatic hydroxyl groups excluding tert-OH is 2. The number of phenols is 1. The van der Waals surface area contributed by atoms with E-state index in [0.717, 1.165) is 5.57 Å². The van der Waals surface area contributed by atoms with E-state index in [2.05, 4.69) is 5.32 Å². The zero-order valence-corrected chi connectivity index (χ0v) is 23.7. The van der Waals surface area contributed by atoms with Crippen molar-refractivity contribution in [2.75, 3.05) is 12.4 Å². The maximum Gasteiger partial charge on any atom is 0.364 e. The van der Waals surface area contributed by atoms with Gasteiger partial charge in [0.05, 0.1) is 11.0 Å². The van der Waals surface area contributed by atoms with Crippen LogP contribution in [0, 0.1) is 6.92 Å². The molecule has 2 aromatic carbocycles. The summed E-state index contributed by atoms with van der Waals surface area (Å²) in [6, 6.07) is 7.21. The molecule has 4 rings (SSSR count). The smallest absolute Gasteiger partial charge is 0.364 e. The molecule has 41 heavy (non-hydrogen) atoms. The van der Waals surface area contributed by atoms with E-state index in [9.17, 15) is 30.0 Å². The molecular formula is C30H35NO10. The molecule has 2 heterocycles. The lowest BCUT2D eigenvalue weighted by Crippen LogP contribution is -2.63. The molecule has 0 saturated carbocycles. The van der Waals surface area contributed by atoms with Crippen molar-refractivity contribution in [3.63, 3.8) is 0 Å². The average Bonchev–Trinajstić information content (AvgIpc) is 2.90. The molecule has 11 heteroatoms. The van der Waals surface area contributed by atoms with E-state index < -0.39 is 53.2 Å². The van der Waals surface area contributed by atoms with E-state index in [-0.39, 0.29) is 28.0 Å². The predicted molar refractivity (Wildman–Crippen MR) is 150 cm³/mol. The number of carbonyl (C=O) groups excluding carboxylic acids is 1. The van der Waals surface area contributed by atoms with Gasteiger partial charge in [-0.05, 0) is 76.9 Å². The number of hydrogen-bond donors (Lipinski definition) is 5. The van der Waals surface area contributed by atoms with Crippen LogP contribution in [0.2, 0.25) is 0 Å². The van der Waals surface area contributed by atoms with Crippen molar-refractivity contribution < 1.29 is 43.8 Å². The highest BCUT2D eigenvalue weighted by molar-refractivity contribution is 6.06. The molecule has 0 bridgehead atoms. The Bertz CT molecular complexity index is 1550. The largest absolute Gasteiger partial charge is 0.508 e. The van der Waals surface area contributed by atoms with Crippen LogP contribution >= 0.6 is 0 Å². The highest BCUT2D eigenvalue weighted by Gasteiger charge is 2.50. The third-order valence-corrected chi connectivity index (χ3v) is 7.10. The number of allylic oxidation sites excluding steroid dienone is 2. The number of aromatic hydroxyl groups is 2. The van der Waals surface area contributed by atoms with Crippen molar-refractivity contribution in [2.45, 2.75) is 71.2 Å². The van der Waals surface area contributed by atoms with Crippen LogP contribution in [0.1, 0.15) is 49.2 Å². The Balaban J connectivity index is 1.62. The van der Waals surface area contributed by atoms with Gasteiger partial charge >= 0.3 is 5.63 Å². The van der Waals surface area contributed by atoms with Crippen molar-refractivity contribution in [1.29, 1.82) is 0 Å². The zero-order valence-electron chi connectivity index (χ0n) is 23.7. The molecule has 0 spiro atoms. The van der Waals surface area contributed by atoms with Gasteiger partial charge < -0.3 is 44.4 Å². The summed E-state index contributed by atoms with van der Waals surface area (Å²) >= 11 is 0. The van der Waals surface area contributed by atoms with Crippen LogP contribution in [0.4, 0.5) is 5.69 Å². The number of aliphatic hydroxyl groups is 2. The van der Waals surface area contributed by atoms with Gasteiger partial charge in [0, 0.05) is 18.2 Å². The number of nitrogens with one attached hydrogen (secondary N) is 1. The number of methoxy groups -OCH3 is 1. The molecule has 220 valence electrons. The molecule has 4 unspecified atom stereocenters. The topological polar surface area (TPSA) is 168 Å². The molecule has 1 aliphatic heterocycles. The predicted octanol–water partition coefficient (Wildman–Crippen LogP) is 3.52. The van der Waals surface area contributed by atoms with E-state index in [4.69, 9.17) is 18.6 Å². The number of phenolic OH excluding ortho intramolecular Hbond substituents is 1. The SMILES string of the molecule is COC1C(O)C(O)C(Oc2ccc3c(O)c(NC(=O)c4ccc(O)c(CC=C(C)C)c4)c(=O)oc3c2C)OC1(C)C. The number of benzene rings is 2. The molecule has 1 aliphatic rings. The monoisotopic (exact) mass is 569 g/mol. The van der Waals surface area contributed by atoms with Gasteiger partial charge in [-0.1, -0.05) is 11.6 Å². The Hall–Kier alpha value is -3.90. The summed E-state index contributed by atoms with van der Waals surface area (Å²) in [6.45, 7) is 8.80. The summed E-state index contributed by atoms with van der Waals surface area (Å²) < 4.78 is 22.5. The van der Waals surface area contributed by atoms with Crippen LogP contribution < -0.4 is 15.7 Å². The number of amides is 1. The second kappa shape index (κ2) is 11.5. The zero-order chi connectivity index (χ0) is 30.2. The summed E-state index contributed by atoms with van der Waals surface area (Å²) in [4.78, 5) is 25.8. The minimum absolute atomic E-state index is 0.00322. The number of hydrogen-bond acceptors (Lipinski definition) is 10. The van der Waals surface area contributed by atoms with Crippen molar-refractivity contribution >= 4 is 22.6 Å². The molecule has 1 amide bonds. The van der Waals surface area contributed by atoms with Crippen LogP contribution in [-0.4, -0.2) is 63.6 Å². The first-order chi connectivity index (χ1) is 19.2. The highest BCUT2D eigenvalue weighted by atomic mass is 16.7. The maximum absolute atomic E-state index is 13.0.